The van der Waals surface area contributed by atoms with Gasteiger partial charge in [0.15, 0.2) is 0 Å². The fourth-order valence-corrected chi connectivity index (χ4v) is 1.92. The van der Waals surface area contributed by atoms with Crippen molar-refractivity contribution in [1.82, 2.24) is 4.98 Å². The lowest BCUT2D eigenvalue weighted by Gasteiger charge is -2.19. The summed E-state index contributed by atoms with van der Waals surface area (Å²) in [6, 6.07) is 13.0. The Balaban J connectivity index is 2.19. The average Bonchev–Trinajstić information content (AvgIpc) is 2.52. The van der Waals surface area contributed by atoms with Crippen LogP contribution in [0.2, 0.25) is 0 Å². The van der Waals surface area contributed by atoms with Crippen molar-refractivity contribution in [3.8, 4) is 0 Å². The molecule has 0 saturated heterocycles. The minimum absolute atomic E-state index is 0.0619. The van der Waals surface area contributed by atoms with Crippen LogP contribution in [0.15, 0.2) is 58.9 Å². The lowest BCUT2D eigenvalue weighted by atomic mass is 9.87. The molecule has 4 nitrogen and oxygen atoms in total. The smallest absolute Gasteiger partial charge is 0.0860 e. The molecule has 0 fully saturated rings. The van der Waals surface area contributed by atoms with Crippen LogP contribution in [0.1, 0.15) is 44.5 Å². The van der Waals surface area contributed by atoms with E-state index in [0.717, 1.165) is 0 Å². The van der Waals surface area contributed by atoms with Crippen LogP contribution in [0.4, 0.5) is 0 Å². The maximum absolute atomic E-state index is 12.0. The van der Waals surface area contributed by atoms with Gasteiger partial charge < -0.3 is 5.11 Å². The van der Waals surface area contributed by atoms with E-state index >= 15 is 0 Å². The van der Waals surface area contributed by atoms with Gasteiger partial charge in [-0.25, -0.2) is 0 Å². The molecule has 0 aliphatic rings. The quantitative estimate of drug-likeness (QED) is 0.496. The second-order valence-electron chi connectivity index (χ2n) is 6.13. The molecule has 0 unspecified atom stereocenters. The molecular formula is C18H20N3O-. The van der Waals surface area contributed by atoms with E-state index in [-0.39, 0.29) is 11.3 Å². The van der Waals surface area contributed by atoms with E-state index < -0.39 is 0 Å². The van der Waals surface area contributed by atoms with Crippen molar-refractivity contribution >= 4 is 11.6 Å². The highest BCUT2D eigenvalue weighted by Gasteiger charge is 2.12. The predicted octanol–water partition coefficient (Wildman–Crippen LogP) is 2.91. The number of hydrogen-bond acceptors (Lipinski definition) is 4. The molecule has 0 bridgehead atoms. The van der Waals surface area contributed by atoms with Crippen LogP contribution in [0, 0.1) is 0 Å². The Hall–Kier alpha value is -2.49. The third-order valence-corrected chi connectivity index (χ3v) is 3.32. The molecule has 0 amide bonds. The average molecular weight is 294 g/mol. The zero-order valence-corrected chi connectivity index (χ0v) is 13.4. The van der Waals surface area contributed by atoms with E-state index in [9.17, 15) is 5.11 Å². The van der Waals surface area contributed by atoms with Crippen molar-refractivity contribution in [2.45, 2.75) is 33.1 Å². The maximum Gasteiger partial charge on any atom is 0.0860 e. The van der Waals surface area contributed by atoms with Crippen molar-refractivity contribution in [2.75, 3.05) is 0 Å². The Morgan fingerprint density at radius 2 is 1.68 bits per heavy atom. The predicted molar refractivity (Wildman–Crippen MR) is 88.1 cm³/mol. The van der Waals surface area contributed by atoms with E-state index in [1.807, 2.05) is 30.3 Å². The van der Waals surface area contributed by atoms with Crippen molar-refractivity contribution in [3.05, 3.63) is 65.5 Å². The molecule has 2 aromatic rings. The van der Waals surface area contributed by atoms with Gasteiger partial charge in [-0.3, -0.25) is 4.98 Å². The molecule has 1 heterocycles. The molecule has 0 aliphatic carbocycles. The van der Waals surface area contributed by atoms with Crippen LogP contribution >= 0.6 is 0 Å². The summed E-state index contributed by atoms with van der Waals surface area (Å²) >= 11 is 0. The van der Waals surface area contributed by atoms with Gasteiger partial charge in [0.1, 0.15) is 0 Å². The zero-order valence-electron chi connectivity index (χ0n) is 13.4. The first-order valence-electron chi connectivity index (χ1n) is 7.19. The van der Waals surface area contributed by atoms with Gasteiger partial charge in [-0.15, -0.1) is 0 Å². The lowest BCUT2D eigenvalue weighted by Crippen LogP contribution is -2.19. The first kappa shape index (κ1) is 15.9. The second-order valence-corrected chi connectivity index (χ2v) is 6.13. The van der Waals surface area contributed by atoms with Crippen molar-refractivity contribution in [2.24, 2.45) is 10.2 Å². The van der Waals surface area contributed by atoms with Crippen molar-refractivity contribution < 1.29 is 5.11 Å². The van der Waals surface area contributed by atoms with Gasteiger partial charge in [-0.05, 0) is 35.6 Å². The van der Waals surface area contributed by atoms with Crippen LogP contribution in [-0.2, 0) is 5.41 Å². The summed E-state index contributed by atoms with van der Waals surface area (Å²) in [5.41, 5.74) is 3.09. The standard InChI is InChI=1S/C18H21N3O/c1-13(16-7-5-6-12-19-16)20-21-17(22)14-8-10-15(11-9-14)18(2,3)4/h5-12H,1-4H3,(H,21,22)/p-1/b20-13-. The Kier molecular flexibility index (Phi) is 4.71. The molecular weight excluding hydrogens is 274 g/mol. The Morgan fingerprint density at radius 1 is 1.00 bits per heavy atom. The van der Waals surface area contributed by atoms with Gasteiger partial charge in [-0.1, -0.05) is 51.1 Å². The summed E-state index contributed by atoms with van der Waals surface area (Å²) < 4.78 is 0. The minimum Gasteiger partial charge on any atom is -0.857 e. The van der Waals surface area contributed by atoms with E-state index in [0.29, 0.717) is 17.0 Å². The molecule has 4 heteroatoms. The molecule has 2 rings (SSSR count). The summed E-state index contributed by atoms with van der Waals surface area (Å²) in [5.74, 6) is -0.351. The molecule has 1 aromatic heterocycles. The van der Waals surface area contributed by atoms with Gasteiger partial charge in [0, 0.05) is 12.1 Å². The number of nitrogens with zero attached hydrogens (tertiary/aromatic N) is 3. The highest BCUT2D eigenvalue weighted by Crippen LogP contribution is 2.22. The second kappa shape index (κ2) is 6.52. The van der Waals surface area contributed by atoms with E-state index in [2.05, 4.69) is 36.0 Å². The van der Waals surface area contributed by atoms with E-state index in [4.69, 9.17) is 0 Å². The first-order valence-corrected chi connectivity index (χ1v) is 7.19. The van der Waals surface area contributed by atoms with Crippen LogP contribution in [0.3, 0.4) is 0 Å². The van der Waals surface area contributed by atoms with Crippen LogP contribution in [-0.4, -0.2) is 16.6 Å². The first-order chi connectivity index (χ1) is 10.4. The summed E-state index contributed by atoms with van der Waals surface area (Å²) in [7, 11) is 0. The minimum atomic E-state index is -0.351. The molecule has 0 atom stereocenters. The van der Waals surface area contributed by atoms with Crippen molar-refractivity contribution in [3.63, 3.8) is 0 Å². The largest absolute Gasteiger partial charge is 0.857 e. The van der Waals surface area contributed by atoms with Gasteiger partial charge in [0.05, 0.1) is 11.4 Å². The molecule has 0 spiro atoms. The number of aromatic nitrogens is 1. The summed E-state index contributed by atoms with van der Waals surface area (Å²) in [6.45, 7) is 8.18. The molecule has 0 N–H and O–H groups in total. The monoisotopic (exact) mass is 294 g/mol. The maximum atomic E-state index is 12.0. The summed E-state index contributed by atoms with van der Waals surface area (Å²) in [6.07, 6.45) is 1.68. The van der Waals surface area contributed by atoms with Gasteiger partial charge >= 0.3 is 0 Å². The third kappa shape index (κ3) is 4.01. The van der Waals surface area contributed by atoms with Gasteiger partial charge in [-0.2, -0.15) is 10.2 Å². The Morgan fingerprint density at radius 3 is 2.23 bits per heavy atom. The normalized spacial score (nSPS) is 13.3. The van der Waals surface area contributed by atoms with Gasteiger partial charge in [0.2, 0.25) is 0 Å². The summed E-state index contributed by atoms with van der Waals surface area (Å²) in [5, 5.41) is 19.8. The van der Waals surface area contributed by atoms with E-state index in [1.165, 1.54) is 5.56 Å². The molecule has 0 saturated carbocycles. The van der Waals surface area contributed by atoms with Crippen LogP contribution < -0.4 is 5.11 Å². The SMILES string of the molecule is C/C(=N/N=C([O-])c1ccc(C(C)(C)C)cc1)c1ccccn1. The van der Waals surface area contributed by atoms with Crippen LogP contribution in [0.5, 0.6) is 0 Å². The fourth-order valence-electron chi connectivity index (χ4n) is 1.92. The van der Waals surface area contributed by atoms with Crippen molar-refractivity contribution in [1.29, 1.82) is 0 Å². The highest BCUT2D eigenvalue weighted by atomic mass is 16.3. The number of pyridine rings is 1. The third-order valence-electron chi connectivity index (χ3n) is 3.32. The topological polar surface area (TPSA) is 60.7 Å². The Bertz CT molecular complexity index is 681. The number of hydrogen-bond donors (Lipinski definition) is 0. The molecule has 0 radical (unpaired) electrons. The molecule has 114 valence electrons. The molecule has 22 heavy (non-hydrogen) atoms. The number of benzene rings is 1. The Labute approximate surface area is 131 Å². The van der Waals surface area contributed by atoms with E-state index in [1.54, 1.807) is 25.3 Å². The molecule has 1 aromatic carbocycles. The highest BCUT2D eigenvalue weighted by molar-refractivity contribution is 5.98. The zero-order chi connectivity index (χ0) is 16.2. The number of rotatable bonds is 3. The lowest BCUT2D eigenvalue weighted by molar-refractivity contribution is -0.213. The van der Waals surface area contributed by atoms with Gasteiger partial charge in [0.25, 0.3) is 0 Å². The summed E-state index contributed by atoms with van der Waals surface area (Å²) in [4.78, 5) is 4.17. The fraction of sp³-hybridized carbons (Fsp3) is 0.278. The molecule has 0 aliphatic heterocycles. The van der Waals surface area contributed by atoms with Crippen LogP contribution in [0.25, 0.3) is 0 Å².